The third-order valence-corrected chi connectivity index (χ3v) is 3.33. The van der Waals surface area contributed by atoms with E-state index in [0.29, 0.717) is 6.61 Å². The smallest absolute Gasteiger partial charge is 0.119 e. The van der Waals surface area contributed by atoms with Crippen LogP contribution in [0.5, 0.6) is 5.75 Å². The van der Waals surface area contributed by atoms with Crippen LogP contribution in [-0.4, -0.2) is 26.9 Å². The molecule has 4 nitrogen and oxygen atoms in total. The van der Waals surface area contributed by atoms with Crippen molar-refractivity contribution in [3.8, 4) is 5.75 Å². The molecule has 0 aliphatic heterocycles. The Morgan fingerprint density at radius 2 is 1.95 bits per heavy atom. The van der Waals surface area contributed by atoms with Crippen molar-refractivity contribution >= 4 is 15.9 Å². The molecule has 5 heteroatoms. The van der Waals surface area contributed by atoms with Crippen LogP contribution in [0.4, 0.5) is 0 Å². The molecule has 108 valence electrons. The largest absolute Gasteiger partial charge is 0.494 e. The van der Waals surface area contributed by atoms with Gasteiger partial charge in [0.05, 0.1) is 12.3 Å². The number of aryl methyl sites for hydroxylation is 4. The lowest BCUT2D eigenvalue weighted by atomic mass is 10.1. The third kappa shape index (κ3) is 4.63. The Morgan fingerprint density at radius 1 is 1.20 bits per heavy atom. The number of hydrogen-bond acceptors (Lipinski definition) is 3. The molecule has 1 aromatic heterocycles. The molecule has 0 atom stereocenters. The van der Waals surface area contributed by atoms with E-state index >= 15 is 0 Å². The van der Waals surface area contributed by atoms with Gasteiger partial charge in [-0.25, -0.2) is 0 Å². The van der Waals surface area contributed by atoms with Crippen LogP contribution in [0.3, 0.4) is 0 Å². The average molecular weight is 338 g/mol. The van der Waals surface area contributed by atoms with E-state index in [9.17, 15) is 0 Å². The van der Waals surface area contributed by atoms with E-state index in [2.05, 4.69) is 58.3 Å². The summed E-state index contributed by atoms with van der Waals surface area (Å²) in [6.07, 6.45) is 3.83. The molecule has 0 saturated carbocycles. The molecule has 0 radical (unpaired) electrons. The Labute approximate surface area is 128 Å². The van der Waals surface area contributed by atoms with E-state index in [4.69, 9.17) is 4.74 Å². The second-order valence-corrected chi connectivity index (χ2v) is 5.73. The summed E-state index contributed by atoms with van der Waals surface area (Å²) in [6.45, 7) is 5.69. The monoisotopic (exact) mass is 337 g/mol. The van der Waals surface area contributed by atoms with Gasteiger partial charge in [-0.3, -0.25) is 4.68 Å². The first-order chi connectivity index (χ1) is 9.67. The molecular weight excluding hydrogens is 318 g/mol. The van der Waals surface area contributed by atoms with Crippen molar-refractivity contribution in [2.45, 2.75) is 33.2 Å². The molecule has 1 aromatic carbocycles. The minimum absolute atomic E-state index is 0.691. The van der Waals surface area contributed by atoms with Gasteiger partial charge < -0.3 is 4.74 Å². The van der Waals surface area contributed by atoms with Crippen LogP contribution in [0.25, 0.3) is 0 Å². The summed E-state index contributed by atoms with van der Waals surface area (Å²) in [4.78, 5) is 0. The zero-order chi connectivity index (χ0) is 14.4. The highest BCUT2D eigenvalue weighted by Crippen LogP contribution is 2.16. The van der Waals surface area contributed by atoms with Crippen LogP contribution in [-0.2, 0) is 13.0 Å². The topological polar surface area (TPSA) is 39.9 Å². The Kier molecular flexibility index (Phi) is 5.59. The number of benzene rings is 1. The van der Waals surface area contributed by atoms with E-state index in [1.165, 1.54) is 11.1 Å². The normalized spacial score (nSPS) is 10.8. The summed E-state index contributed by atoms with van der Waals surface area (Å²) in [5, 5.41) is 9.12. The predicted molar refractivity (Wildman–Crippen MR) is 83.5 cm³/mol. The molecule has 0 saturated heterocycles. The van der Waals surface area contributed by atoms with Gasteiger partial charge in [0.15, 0.2) is 0 Å². The fraction of sp³-hybridized carbons (Fsp3) is 0.467. The molecule has 0 amide bonds. The first-order valence-corrected chi connectivity index (χ1v) is 7.95. The lowest BCUT2D eigenvalue weighted by Gasteiger charge is -2.08. The van der Waals surface area contributed by atoms with Gasteiger partial charge in [-0.2, -0.15) is 0 Å². The molecule has 2 aromatic rings. The summed E-state index contributed by atoms with van der Waals surface area (Å²) in [6, 6.07) is 6.28. The van der Waals surface area contributed by atoms with Gasteiger partial charge in [0.25, 0.3) is 0 Å². The molecule has 1 heterocycles. The molecule has 0 aliphatic rings. The van der Waals surface area contributed by atoms with Crippen molar-refractivity contribution in [2.24, 2.45) is 0 Å². The molecule has 0 bridgehead atoms. The van der Waals surface area contributed by atoms with E-state index in [0.717, 1.165) is 36.2 Å². The predicted octanol–water partition coefficient (Wildman–Crippen LogP) is 3.30. The zero-order valence-corrected chi connectivity index (χ0v) is 13.6. The maximum Gasteiger partial charge on any atom is 0.119 e. The first kappa shape index (κ1) is 15.0. The Balaban J connectivity index is 1.75. The zero-order valence-electron chi connectivity index (χ0n) is 12.0. The van der Waals surface area contributed by atoms with Gasteiger partial charge in [-0.1, -0.05) is 27.2 Å². The number of aromatic nitrogens is 3. The summed E-state index contributed by atoms with van der Waals surface area (Å²) < 4.78 is 7.65. The van der Waals surface area contributed by atoms with Crippen molar-refractivity contribution in [3.63, 3.8) is 0 Å². The Morgan fingerprint density at radius 3 is 2.65 bits per heavy atom. The van der Waals surface area contributed by atoms with Crippen LogP contribution >= 0.6 is 15.9 Å². The molecule has 0 spiro atoms. The number of halogens is 1. The van der Waals surface area contributed by atoms with E-state index in [1.54, 1.807) is 0 Å². The lowest BCUT2D eigenvalue weighted by Crippen LogP contribution is -2.05. The summed E-state index contributed by atoms with van der Waals surface area (Å²) in [5.41, 5.74) is 3.49. The number of alkyl halides is 1. The van der Waals surface area contributed by atoms with Crippen molar-refractivity contribution in [1.82, 2.24) is 15.0 Å². The van der Waals surface area contributed by atoms with E-state index in [1.807, 2.05) is 10.9 Å². The average Bonchev–Trinajstić information content (AvgIpc) is 2.82. The van der Waals surface area contributed by atoms with Crippen LogP contribution < -0.4 is 4.74 Å². The quantitative estimate of drug-likeness (QED) is 0.574. The molecule has 0 N–H and O–H groups in total. The molecule has 2 rings (SSSR count). The van der Waals surface area contributed by atoms with Crippen LogP contribution in [0, 0.1) is 13.8 Å². The number of rotatable bonds is 7. The van der Waals surface area contributed by atoms with Gasteiger partial charge in [0, 0.05) is 30.9 Å². The van der Waals surface area contributed by atoms with Gasteiger partial charge >= 0.3 is 0 Å². The fourth-order valence-electron chi connectivity index (χ4n) is 2.09. The molecule has 0 unspecified atom stereocenters. The number of ether oxygens (including phenoxy) is 1. The molecular formula is C15H20BrN3O. The van der Waals surface area contributed by atoms with Crippen molar-refractivity contribution in [2.75, 3.05) is 11.9 Å². The summed E-state index contributed by atoms with van der Waals surface area (Å²) >= 11 is 3.40. The maximum atomic E-state index is 5.77. The second kappa shape index (κ2) is 7.43. The highest BCUT2D eigenvalue weighted by atomic mass is 79.9. The minimum atomic E-state index is 0.691. The van der Waals surface area contributed by atoms with Gasteiger partial charge in [-0.05, 0) is 37.1 Å². The Hall–Kier alpha value is -1.36. The van der Waals surface area contributed by atoms with Crippen LogP contribution in [0.2, 0.25) is 0 Å². The van der Waals surface area contributed by atoms with Crippen LogP contribution in [0.15, 0.2) is 24.4 Å². The van der Waals surface area contributed by atoms with E-state index in [-0.39, 0.29) is 0 Å². The standard InChI is InChI=1S/C15H20BrN3O/c1-12-8-13(2)10-15(9-12)20-7-3-6-19-11-14(4-5-16)17-18-19/h8-11H,3-7H2,1-2H3. The molecule has 0 aliphatic carbocycles. The van der Waals surface area contributed by atoms with Gasteiger partial charge in [0.2, 0.25) is 0 Å². The first-order valence-electron chi connectivity index (χ1n) is 6.83. The van der Waals surface area contributed by atoms with Crippen molar-refractivity contribution < 1.29 is 4.74 Å². The number of hydrogen-bond donors (Lipinski definition) is 0. The van der Waals surface area contributed by atoms with Gasteiger partial charge in [0.1, 0.15) is 5.75 Å². The summed E-state index contributed by atoms with van der Waals surface area (Å²) in [7, 11) is 0. The highest BCUT2D eigenvalue weighted by molar-refractivity contribution is 9.09. The van der Waals surface area contributed by atoms with Crippen molar-refractivity contribution in [1.29, 1.82) is 0 Å². The molecule has 0 fully saturated rings. The lowest BCUT2D eigenvalue weighted by molar-refractivity contribution is 0.297. The number of nitrogens with zero attached hydrogens (tertiary/aromatic N) is 3. The second-order valence-electron chi connectivity index (χ2n) is 4.94. The van der Waals surface area contributed by atoms with Crippen molar-refractivity contribution in [3.05, 3.63) is 41.2 Å². The Bertz CT molecular complexity index is 534. The molecule has 20 heavy (non-hydrogen) atoms. The fourth-order valence-corrected chi connectivity index (χ4v) is 2.50. The summed E-state index contributed by atoms with van der Waals surface area (Å²) in [5.74, 6) is 0.945. The van der Waals surface area contributed by atoms with E-state index < -0.39 is 0 Å². The minimum Gasteiger partial charge on any atom is -0.494 e. The third-order valence-electron chi connectivity index (χ3n) is 2.93. The SMILES string of the molecule is Cc1cc(C)cc(OCCCn2cc(CCBr)nn2)c1. The van der Waals surface area contributed by atoms with Crippen LogP contribution in [0.1, 0.15) is 23.2 Å². The highest BCUT2D eigenvalue weighted by Gasteiger charge is 2.01. The maximum absolute atomic E-state index is 5.77. The van der Waals surface area contributed by atoms with Gasteiger partial charge in [-0.15, -0.1) is 5.10 Å².